The monoisotopic (exact) mass is 355 g/mol. The highest BCUT2D eigenvalue weighted by Gasteiger charge is 2.12. The Morgan fingerprint density at radius 3 is 2.38 bits per heavy atom. The third-order valence-corrected chi connectivity index (χ3v) is 3.96. The molecule has 0 saturated heterocycles. The van der Waals surface area contributed by atoms with E-state index in [1.165, 1.54) is 0 Å². The summed E-state index contributed by atoms with van der Waals surface area (Å²) < 4.78 is 15.9. The molecule has 5 nitrogen and oxygen atoms in total. The maximum absolute atomic E-state index is 12.4. The SMILES string of the molecule is C=CCc1cc(CNC(=O)c2ccc(COC)cc2)cc(OC)c1OC. The molecule has 0 aliphatic carbocycles. The lowest BCUT2D eigenvalue weighted by Gasteiger charge is -2.15. The largest absolute Gasteiger partial charge is 0.493 e. The molecule has 0 radical (unpaired) electrons. The summed E-state index contributed by atoms with van der Waals surface area (Å²) in [5.41, 5.74) is 3.54. The summed E-state index contributed by atoms with van der Waals surface area (Å²) in [7, 11) is 4.85. The quantitative estimate of drug-likeness (QED) is 0.700. The molecule has 0 aliphatic heterocycles. The van der Waals surface area contributed by atoms with Crippen molar-refractivity contribution in [3.05, 3.63) is 71.3 Å². The van der Waals surface area contributed by atoms with Crippen LogP contribution in [0.3, 0.4) is 0 Å². The minimum absolute atomic E-state index is 0.131. The van der Waals surface area contributed by atoms with E-state index in [0.29, 0.717) is 36.6 Å². The molecule has 0 aromatic heterocycles. The van der Waals surface area contributed by atoms with Crippen LogP contribution < -0.4 is 14.8 Å². The number of ether oxygens (including phenoxy) is 3. The van der Waals surface area contributed by atoms with Gasteiger partial charge >= 0.3 is 0 Å². The van der Waals surface area contributed by atoms with E-state index >= 15 is 0 Å². The normalized spacial score (nSPS) is 10.3. The van der Waals surface area contributed by atoms with E-state index in [0.717, 1.165) is 16.7 Å². The van der Waals surface area contributed by atoms with Crippen LogP contribution in [0.4, 0.5) is 0 Å². The number of benzene rings is 2. The summed E-state index contributed by atoms with van der Waals surface area (Å²) in [6.45, 7) is 4.70. The van der Waals surface area contributed by atoms with Gasteiger partial charge in [0.15, 0.2) is 11.5 Å². The first kappa shape index (κ1) is 19.5. The van der Waals surface area contributed by atoms with Crippen LogP contribution in [0.25, 0.3) is 0 Å². The van der Waals surface area contributed by atoms with Crippen LogP contribution in [-0.2, 0) is 24.3 Å². The van der Waals surface area contributed by atoms with E-state index in [2.05, 4.69) is 11.9 Å². The Morgan fingerprint density at radius 2 is 1.81 bits per heavy atom. The van der Waals surface area contributed by atoms with Gasteiger partial charge in [-0.15, -0.1) is 6.58 Å². The standard InChI is InChI=1S/C21H25NO4/c1-5-6-18-11-16(12-19(25-3)20(18)26-4)13-22-21(23)17-9-7-15(8-10-17)14-24-2/h5,7-12H,1,6,13-14H2,2-4H3,(H,22,23). The summed E-state index contributed by atoms with van der Waals surface area (Å²) in [6.07, 6.45) is 2.46. The van der Waals surface area contributed by atoms with Gasteiger partial charge in [0.25, 0.3) is 5.91 Å². The molecule has 2 rings (SSSR count). The molecule has 0 atom stereocenters. The predicted molar refractivity (Wildman–Crippen MR) is 102 cm³/mol. The van der Waals surface area contributed by atoms with Crippen molar-refractivity contribution in [2.45, 2.75) is 19.6 Å². The highest BCUT2D eigenvalue weighted by atomic mass is 16.5. The van der Waals surface area contributed by atoms with Crippen molar-refractivity contribution >= 4 is 5.91 Å². The molecule has 26 heavy (non-hydrogen) atoms. The Kier molecular flexibility index (Phi) is 7.24. The molecule has 0 saturated carbocycles. The molecule has 2 aromatic rings. The Balaban J connectivity index is 2.11. The fraction of sp³-hybridized carbons (Fsp3) is 0.286. The topological polar surface area (TPSA) is 56.8 Å². The molecule has 0 bridgehead atoms. The average Bonchev–Trinajstić information content (AvgIpc) is 2.66. The van der Waals surface area contributed by atoms with Gasteiger partial charge in [0.2, 0.25) is 0 Å². The summed E-state index contributed by atoms with van der Waals surface area (Å²) in [6, 6.07) is 11.2. The molecule has 0 spiro atoms. The molecular weight excluding hydrogens is 330 g/mol. The Bertz CT molecular complexity index is 753. The molecule has 138 valence electrons. The first-order valence-corrected chi connectivity index (χ1v) is 8.33. The second-order valence-electron chi connectivity index (χ2n) is 5.80. The first-order valence-electron chi connectivity index (χ1n) is 8.33. The fourth-order valence-corrected chi connectivity index (χ4v) is 2.72. The highest BCUT2D eigenvalue weighted by Crippen LogP contribution is 2.33. The molecule has 2 aromatic carbocycles. The van der Waals surface area contributed by atoms with Crippen molar-refractivity contribution in [2.75, 3.05) is 21.3 Å². The number of nitrogens with one attached hydrogen (secondary N) is 1. The minimum atomic E-state index is -0.131. The summed E-state index contributed by atoms with van der Waals surface area (Å²) in [4.78, 5) is 12.4. The molecule has 1 amide bonds. The van der Waals surface area contributed by atoms with E-state index in [1.54, 1.807) is 39.5 Å². The van der Waals surface area contributed by atoms with Crippen molar-refractivity contribution in [3.8, 4) is 11.5 Å². The van der Waals surface area contributed by atoms with Crippen LogP contribution in [0.2, 0.25) is 0 Å². The Morgan fingerprint density at radius 1 is 1.08 bits per heavy atom. The van der Waals surface area contributed by atoms with Gasteiger partial charge in [0.1, 0.15) is 0 Å². The number of carbonyl (C=O) groups is 1. The van der Waals surface area contributed by atoms with Crippen molar-refractivity contribution in [2.24, 2.45) is 0 Å². The lowest BCUT2D eigenvalue weighted by Crippen LogP contribution is -2.22. The summed E-state index contributed by atoms with van der Waals surface area (Å²) in [5, 5.41) is 2.93. The van der Waals surface area contributed by atoms with Gasteiger partial charge in [-0.1, -0.05) is 18.2 Å². The van der Waals surface area contributed by atoms with Crippen LogP contribution in [0, 0.1) is 0 Å². The minimum Gasteiger partial charge on any atom is -0.493 e. The summed E-state index contributed by atoms with van der Waals surface area (Å²) in [5.74, 6) is 1.20. The Labute approximate surface area is 154 Å². The predicted octanol–water partition coefficient (Wildman–Crippen LogP) is 3.51. The van der Waals surface area contributed by atoms with Gasteiger partial charge in [0, 0.05) is 24.8 Å². The number of methoxy groups -OCH3 is 3. The second-order valence-corrected chi connectivity index (χ2v) is 5.80. The zero-order chi connectivity index (χ0) is 18.9. The molecule has 1 N–H and O–H groups in total. The van der Waals surface area contributed by atoms with Gasteiger partial charge in [-0.2, -0.15) is 0 Å². The molecular formula is C21H25NO4. The average molecular weight is 355 g/mol. The van der Waals surface area contributed by atoms with Gasteiger partial charge in [-0.25, -0.2) is 0 Å². The zero-order valence-corrected chi connectivity index (χ0v) is 15.5. The van der Waals surface area contributed by atoms with Crippen molar-refractivity contribution < 1.29 is 19.0 Å². The Hall–Kier alpha value is -2.79. The lowest BCUT2D eigenvalue weighted by atomic mass is 10.1. The van der Waals surface area contributed by atoms with E-state index in [-0.39, 0.29) is 5.91 Å². The molecule has 0 aliphatic rings. The zero-order valence-electron chi connectivity index (χ0n) is 15.5. The van der Waals surface area contributed by atoms with Gasteiger partial charge in [-0.05, 0) is 41.8 Å². The number of allylic oxidation sites excluding steroid dienone is 1. The van der Waals surface area contributed by atoms with E-state index in [1.807, 2.05) is 24.3 Å². The van der Waals surface area contributed by atoms with Crippen LogP contribution in [-0.4, -0.2) is 27.2 Å². The molecule has 5 heteroatoms. The fourth-order valence-electron chi connectivity index (χ4n) is 2.72. The van der Waals surface area contributed by atoms with Crippen LogP contribution in [0.15, 0.2) is 49.1 Å². The molecule has 0 heterocycles. The van der Waals surface area contributed by atoms with Crippen molar-refractivity contribution in [1.29, 1.82) is 0 Å². The number of rotatable bonds is 9. The smallest absolute Gasteiger partial charge is 0.251 e. The van der Waals surface area contributed by atoms with Gasteiger partial charge < -0.3 is 19.5 Å². The lowest BCUT2D eigenvalue weighted by molar-refractivity contribution is 0.0950. The van der Waals surface area contributed by atoms with Crippen molar-refractivity contribution in [1.82, 2.24) is 5.32 Å². The van der Waals surface area contributed by atoms with Crippen LogP contribution in [0.1, 0.15) is 27.0 Å². The van der Waals surface area contributed by atoms with Gasteiger partial charge in [0.05, 0.1) is 20.8 Å². The maximum Gasteiger partial charge on any atom is 0.251 e. The third-order valence-electron chi connectivity index (χ3n) is 3.96. The number of hydrogen-bond acceptors (Lipinski definition) is 4. The van der Waals surface area contributed by atoms with Crippen LogP contribution >= 0.6 is 0 Å². The maximum atomic E-state index is 12.4. The van der Waals surface area contributed by atoms with Crippen molar-refractivity contribution in [3.63, 3.8) is 0 Å². The van der Waals surface area contributed by atoms with E-state index < -0.39 is 0 Å². The number of carbonyl (C=O) groups excluding carboxylic acids is 1. The van der Waals surface area contributed by atoms with E-state index in [9.17, 15) is 4.79 Å². The van der Waals surface area contributed by atoms with Crippen LogP contribution in [0.5, 0.6) is 11.5 Å². The summed E-state index contributed by atoms with van der Waals surface area (Å²) >= 11 is 0. The number of hydrogen-bond donors (Lipinski definition) is 1. The third kappa shape index (κ3) is 4.86. The first-order chi connectivity index (χ1) is 12.6. The number of amides is 1. The highest BCUT2D eigenvalue weighted by molar-refractivity contribution is 5.94. The van der Waals surface area contributed by atoms with E-state index in [4.69, 9.17) is 14.2 Å². The molecule has 0 unspecified atom stereocenters. The molecule has 0 fully saturated rings. The van der Waals surface area contributed by atoms with Gasteiger partial charge in [-0.3, -0.25) is 4.79 Å². The second kappa shape index (κ2) is 9.63.